The van der Waals surface area contributed by atoms with Crippen LogP contribution in [0.25, 0.3) is 11.4 Å². The highest BCUT2D eigenvalue weighted by atomic mass is 32.1. The van der Waals surface area contributed by atoms with E-state index in [1.54, 1.807) is 23.8 Å². The van der Waals surface area contributed by atoms with Crippen LogP contribution in [0.1, 0.15) is 12.0 Å². The summed E-state index contributed by atoms with van der Waals surface area (Å²) < 4.78 is 7.43. The second-order valence-electron chi connectivity index (χ2n) is 6.06. The van der Waals surface area contributed by atoms with Crippen LogP contribution in [0, 0.1) is 16.1 Å². The van der Waals surface area contributed by atoms with Crippen molar-refractivity contribution in [2.75, 3.05) is 12.4 Å². The minimum atomic E-state index is -0.128. The standard InChI is InChI=1S/C20H19N5O2S/c1-27-17-8-4-15(5-9-17)19-23-24-20(28)25(19)13-11-18(26)22-16-6-2-14(3-7-16)10-12-21/h2-9H,10-11,13H2,1H3,(H,22,26)(H,24,28). The van der Waals surface area contributed by atoms with Gasteiger partial charge in [-0.25, -0.2) is 0 Å². The average Bonchev–Trinajstić information content (AvgIpc) is 3.08. The van der Waals surface area contributed by atoms with Gasteiger partial charge in [-0.3, -0.25) is 14.5 Å². The van der Waals surface area contributed by atoms with Gasteiger partial charge in [0, 0.05) is 24.2 Å². The van der Waals surface area contributed by atoms with Crippen LogP contribution in [0.3, 0.4) is 0 Å². The van der Waals surface area contributed by atoms with E-state index >= 15 is 0 Å². The summed E-state index contributed by atoms with van der Waals surface area (Å²) in [6.07, 6.45) is 0.595. The molecule has 28 heavy (non-hydrogen) atoms. The molecule has 0 radical (unpaired) electrons. The fourth-order valence-corrected chi connectivity index (χ4v) is 2.94. The number of benzene rings is 2. The van der Waals surface area contributed by atoms with Gasteiger partial charge in [-0.15, -0.1) is 0 Å². The van der Waals surface area contributed by atoms with Gasteiger partial charge in [-0.1, -0.05) is 12.1 Å². The minimum Gasteiger partial charge on any atom is -0.497 e. The van der Waals surface area contributed by atoms with Gasteiger partial charge in [0.05, 0.1) is 19.6 Å². The largest absolute Gasteiger partial charge is 0.497 e. The molecule has 3 rings (SSSR count). The first kappa shape index (κ1) is 19.3. The van der Waals surface area contributed by atoms with Gasteiger partial charge in [0.1, 0.15) is 5.75 Å². The Morgan fingerprint density at radius 2 is 1.96 bits per heavy atom. The predicted octanol–water partition coefficient (Wildman–Crippen LogP) is 3.71. The molecule has 2 N–H and O–H groups in total. The van der Waals surface area contributed by atoms with Crippen LogP contribution in [-0.4, -0.2) is 27.8 Å². The molecule has 0 aliphatic carbocycles. The van der Waals surface area contributed by atoms with Crippen LogP contribution in [0.15, 0.2) is 48.5 Å². The van der Waals surface area contributed by atoms with E-state index < -0.39 is 0 Å². The zero-order chi connectivity index (χ0) is 19.9. The molecule has 0 fully saturated rings. The molecular formula is C20H19N5O2S. The van der Waals surface area contributed by atoms with E-state index in [2.05, 4.69) is 21.6 Å². The van der Waals surface area contributed by atoms with E-state index in [4.69, 9.17) is 22.2 Å². The number of hydrogen-bond donors (Lipinski definition) is 2. The topological polar surface area (TPSA) is 95.7 Å². The Kier molecular flexibility index (Phi) is 6.19. The molecule has 1 heterocycles. The number of carbonyl (C=O) groups excluding carboxylic acids is 1. The molecule has 1 aromatic heterocycles. The first-order chi connectivity index (χ1) is 13.6. The number of anilines is 1. The molecular weight excluding hydrogens is 374 g/mol. The molecule has 0 saturated heterocycles. The number of aromatic nitrogens is 3. The third-order valence-corrected chi connectivity index (χ3v) is 4.50. The highest BCUT2D eigenvalue weighted by Gasteiger charge is 2.11. The summed E-state index contributed by atoms with van der Waals surface area (Å²) in [5.41, 5.74) is 2.48. The van der Waals surface area contributed by atoms with E-state index in [0.29, 0.717) is 29.2 Å². The smallest absolute Gasteiger partial charge is 0.226 e. The Balaban J connectivity index is 1.65. The SMILES string of the molecule is COc1ccc(-c2n[nH]c(=S)n2CCC(=O)Nc2ccc(CC#N)cc2)cc1. The maximum Gasteiger partial charge on any atom is 0.226 e. The van der Waals surface area contributed by atoms with Crippen molar-refractivity contribution in [3.63, 3.8) is 0 Å². The number of aromatic amines is 1. The normalized spacial score (nSPS) is 10.3. The van der Waals surface area contributed by atoms with Crippen molar-refractivity contribution < 1.29 is 9.53 Å². The zero-order valence-corrected chi connectivity index (χ0v) is 16.1. The van der Waals surface area contributed by atoms with Crippen molar-refractivity contribution in [2.45, 2.75) is 19.4 Å². The molecule has 0 saturated carbocycles. The van der Waals surface area contributed by atoms with E-state index in [-0.39, 0.29) is 12.3 Å². The summed E-state index contributed by atoms with van der Waals surface area (Å²) in [6.45, 7) is 0.398. The highest BCUT2D eigenvalue weighted by molar-refractivity contribution is 7.71. The summed E-state index contributed by atoms with van der Waals surface area (Å²) in [6, 6.07) is 16.8. The zero-order valence-electron chi connectivity index (χ0n) is 15.3. The lowest BCUT2D eigenvalue weighted by Crippen LogP contribution is -2.15. The van der Waals surface area contributed by atoms with Crippen LogP contribution in [0.2, 0.25) is 0 Å². The Morgan fingerprint density at radius 3 is 2.61 bits per heavy atom. The van der Waals surface area contributed by atoms with E-state index in [9.17, 15) is 4.79 Å². The Hall–Kier alpha value is -3.44. The average molecular weight is 393 g/mol. The minimum absolute atomic E-state index is 0.128. The summed E-state index contributed by atoms with van der Waals surface area (Å²) in [5.74, 6) is 1.29. The van der Waals surface area contributed by atoms with E-state index in [0.717, 1.165) is 16.9 Å². The van der Waals surface area contributed by atoms with Crippen molar-refractivity contribution in [1.82, 2.24) is 14.8 Å². The lowest BCUT2D eigenvalue weighted by Gasteiger charge is -2.09. The third kappa shape index (κ3) is 4.64. The fourth-order valence-electron chi connectivity index (χ4n) is 2.72. The van der Waals surface area contributed by atoms with Crippen LogP contribution in [0.5, 0.6) is 5.75 Å². The first-order valence-electron chi connectivity index (χ1n) is 8.66. The molecule has 0 aliphatic heterocycles. The summed E-state index contributed by atoms with van der Waals surface area (Å²) >= 11 is 5.30. The van der Waals surface area contributed by atoms with Gasteiger partial charge in [0.25, 0.3) is 0 Å². The van der Waals surface area contributed by atoms with Gasteiger partial charge in [-0.05, 0) is 54.2 Å². The highest BCUT2D eigenvalue weighted by Crippen LogP contribution is 2.21. The monoisotopic (exact) mass is 393 g/mol. The number of ether oxygens (including phenoxy) is 1. The number of rotatable bonds is 7. The Bertz CT molecular complexity index is 1050. The molecule has 142 valence electrons. The number of H-pyrrole nitrogens is 1. The molecule has 8 heteroatoms. The van der Waals surface area contributed by atoms with Crippen molar-refractivity contribution in [3.05, 3.63) is 58.9 Å². The fraction of sp³-hybridized carbons (Fsp3) is 0.200. The second kappa shape index (κ2) is 8.97. The quantitative estimate of drug-likeness (QED) is 0.597. The number of carbonyl (C=O) groups is 1. The molecule has 0 aliphatic rings. The molecule has 7 nitrogen and oxygen atoms in total. The van der Waals surface area contributed by atoms with Gasteiger partial charge in [0.2, 0.25) is 5.91 Å². The molecule has 0 unspecified atom stereocenters. The lowest BCUT2D eigenvalue weighted by atomic mass is 10.1. The number of amides is 1. The molecule has 2 aromatic carbocycles. The number of nitriles is 1. The predicted molar refractivity (Wildman–Crippen MR) is 108 cm³/mol. The number of hydrogen-bond acceptors (Lipinski definition) is 5. The lowest BCUT2D eigenvalue weighted by molar-refractivity contribution is -0.116. The van der Waals surface area contributed by atoms with Gasteiger partial charge < -0.3 is 10.1 Å². The third-order valence-electron chi connectivity index (χ3n) is 4.19. The molecule has 3 aromatic rings. The summed E-state index contributed by atoms with van der Waals surface area (Å²) in [4.78, 5) is 12.3. The van der Waals surface area contributed by atoms with Gasteiger partial charge >= 0.3 is 0 Å². The van der Waals surface area contributed by atoms with E-state index in [1.807, 2.05) is 36.4 Å². The van der Waals surface area contributed by atoms with Crippen molar-refractivity contribution >= 4 is 23.8 Å². The molecule has 0 atom stereocenters. The number of methoxy groups -OCH3 is 1. The van der Waals surface area contributed by atoms with Crippen molar-refractivity contribution in [3.8, 4) is 23.2 Å². The van der Waals surface area contributed by atoms with Crippen LogP contribution in [0.4, 0.5) is 5.69 Å². The maximum absolute atomic E-state index is 12.3. The molecule has 1 amide bonds. The van der Waals surface area contributed by atoms with Crippen molar-refractivity contribution in [1.29, 1.82) is 5.26 Å². The second-order valence-corrected chi connectivity index (χ2v) is 6.45. The summed E-state index contributed by atoms with van der Waals surface area (Å²) in [5, 5.41) is 18.6. The number of nitrogens with one attached hydrogen (secondary N) is 2. The Morgan fingerprint density at radius 1 is 1.25 bits per heavy atom. The van der Waals surface area contributed by atoms with Crippen LogP contribution in [-0.2, 0) is 17.8 Å². The maximum atomic E-state index is 12.3. The molecule has 0 spiro atoms. The van der Waals surface area contributed by atoms with Gasteiger partial charge in [0.15, 0.2) is 10.6 Å². The molecule has 0 bridgehead atoms. The van der Waals surface area contributed by atoms with E-state index in [1.165, 1.54) is 0 Å². The van der Waals surface area contributed by atoms with Crippen LogP contribution < -0.4 is 10.1 Å². The van der Waals surface area contributed by atoms with Crippen LogP contribution >= 0.6 is 12.2 Å². The van der Waals surface area contributed by atoms with Gasteiger partial charge in [-0.2, -0.15) is 10.4 Å². The number of nitrogens with zero attached hydrogens (tertiary/aromatic N) is 3. The van der Waals surface area contributed by atoms with Crippen molar-refractivity contribution in [2.24, 2.45) is 0 Å². The Labute approximate surface area is 167 Å². The summed E-state index contributed by atoms with van der Waals surface area (Å²) in [7, 11) is 1.61. The first-order valence-corrected chi connectivity index (χ1v) is 9.07.